The summed E-state index contributed by atoms with van der Waals surface area (Å²) in [5, 5.41) is 2.04. The van der Waals surface area contributed by atoms with Crippen LogP contribution in [0.5, 0.6) is 0 Å². The molecule has 7 heteroatoms. The number of pyridine rings is 4. The molecular weight excluding hydrogens is 556 g/mol. The molecule has 0 atom stereocenters. The molecule has 0 aromatic carbocycles. The summed E-state index contributed by atoms with van der Waals surface area (Å²) in [6.45, 7) is 8.89. The Morgan fingerprint density at radius 3 is 1.84 bits per heavy atom. The first-order chi connectivity index (χ1) is 20.9. The predicted molar refractivity (Wildman–Crippen MR) is 187 cm³/mol. The quantitative estimate of drug-likeness (QED) is 0.152. The van der Waals surface area contributed by atoms with Gasteiger partial charge in [0.1, 0.15) is 11.3 Å². The first-order valence-corrected chi connectivity index (χ1v) is 15.1. The molecular formula is C38H48N6O. The minimum absolute atomic E-state index is 0. The van der Waals surface area contributed by atoms with Crippen molar-refractivity contribution in [1.29, 1.82) is 0 Å². The van der Waals surface area contributed by atoms with Crippen LogP contribution in [0.25, 0.3) is 22.1 Å². The first kappa shape index (κ1) is 34.8. The third-order valence-electron chi connectivity index (χ3n) is 7.56. The van der Waals surface area contributed by atoms with Gasteiger partial charge in [-0.05, 0) is 91.1 Å². The average molecular weight is 605 g/mol. The molecule has 0 fully saturated rings. The van der Waals surface area contributed by atoms with E-state index in [4.69, 9.17) is 0 Å². The second kappa shape index (κ2) is 16.4. The molecule has 45 heavy (non-hydrogen) atoms. The van der Waals surface area contributed by atoms with Gasteiger partial charge in [0.2, 0.25) is 0 Å². The number of carbonyl (C=O) groups excluding carboxylic acids is 1. The Hall–Kier alpha value is -4.65. The molecule has 2 N–H and O–H groups in total. The van der Waals surface area contributed by atoms with Crippen molar-refractivity contribution >= 4 is 27.9 Å². The van der Waals surface area contributed by atoms with E-state index in [0.29, 0.717) is 17.0 Å². The second-order valence-corrected chi connectivity index (χ2v) is 11.9. The van der Waals surface area contributed by atoms with Crippen LogP contribution in [0, 0.1) is 11.8 Å². The number of hydrogen-bond acceptors (Lipinski definition) is 5. The van der Waals surface area contributed by atoms with Crippen molar-refractivity contribution < 1.29 is 4.79 Å². The Kier molecular flexibility index (Phi) is 12.7. The van der Waals surface area contributed by atoms with E-state index < -0.39 is 0 Å². The van der Waals surface area contributed by atoms with Crippen LogP contribution in [-0.4, -0.2) is 35.7 Å². The van der Waals surface area contributed by atoms with Crippen molar-refractivity contribution in [3.05, 3.63) is 119 Å². The molecule has 7 nitrogen and oxygen atoms in total. The number of hydrogen-bond donors (Lipinski definition) is 2. The van der Waals surface area contributed by atoms with Crippen LogP contribution in [0.15, 0.2) is 85.7 Å². The molecule has 0 unspecified atom stereocenters. The van der Waals surface area contributed by atoms with E-state index in [1.807, 2.05) is 48.9 Å². The van der Waals surface area contributed by atoms with Crippen molar-refractivity contribution in [2.24, 2.45) is 11.8 Å². The van der Waals surface area contributed by atoms with Crippen molar-refractivity contribution in [3.8, 4) is 0 Å². The Bertz CT molecular complexity index is 1760. The van der Waals surface area contributed by atoms with Crippen molar-refractivity contribution in [2.75, 3.05) is 0 Å². The molecule has 6 rings (SSSR count). The Morgan fingerprint density at radius 1 is 0.689 bits per heavy atom. The molecule has 0 aliphatic rings. The van der Waals surface area contributed by atoms with E-state index in [2.05, 4.69) is 75.8 Å². The van der Waals surface area contributed by atoms with Gasteiger partial charge in [-0.25, -0.2) is 9.97 Å². The zero-order valence-corrected chi connectivity index (χ0v) is 25.5. The highest BCUT2D eigenvalue weighted by atomic mass is 16.1. The van der Waals surface area contributed by atoms with Gasteiger partial charge in [-0.1, -0.05) is 48.6 Å². The number of carbonyl (C=O) groups is 1. The third-order valence-corrected chi connectivity index (χ3v) is 7.56. The maximum absolute atomic E-state index is 12.6. The molecule has 6 aromatic heterocycles. The number of aromatic amines is 2. The number of rotatable bonds is 10. The number of fused-ring (bicyclic) bond motifs is 2. The second-order valence-electron chi connectivity index (χ2n) is 11.9. The van der Waals surface area contributed by atoms with Gasteiger partial charge in [0.25, 0.3) is 0 Å². The van der Waals surface area contributed by atoms with E-state index in [1.54, 1.807) is 18.6 Å². The molecule has 236 valence electrons. The highest BCUT2D eigenvalue weighted by molar-refractivity contribution is 6.15. The minimum atomic E-state index is -0.0258. The maximum atomic E-state index is 12.6. The molecule has 0 aliphatic carbocycles. The normalized spacial score (nSPS) is 10.8. The van der Waals surface area contributed by atoms with Crippen molar-refractivity contribution in [1.82, 2.24) is 29.9 Å². The van der Waals surface area contributed by atoms with E-state index in [9.17, 15) is 4.79 Å². The summed E-state index contributed by atoms with van der Waals surface area (Å²) >= 11 is 0. The Morgan fingerprint density at radius 2 is 1.27 bits per heavy atom. The summed E-state index contributed by atoms with van der Waals surface area (Å²) in [6.07, 6.45) is 16.2. The molecule has 0 radical (unpaired) electrons. The lowest BCUT2D eigenvalue weighted by Gasteiger charge is -2.05. The third kappa shape index (κ3) is 9.17. The van der Waals surface area contributed by atoms with Crippen molar-refractivity contribution in [2.45, 2.75) is 74.7 Å². The summed E-state index contributed by atoms with van der Waals surface area (Å²) in [6, 6.07) is 16.0. The fourth-order valence-corrected chi connectivity index (χ4v) is 4.97. The molecule has 0 saturated carbocycles. The van der Waals surface area contributed by atoms with Gasteiger partial charge in [0.05, 0.1) is 0 Å². The van der Waals surface area contributed by atoms with E-state index in [0.717, 1.165) is 54.0 Å². The molecule has 0 saturated heterocycles. The van der Waals surface area contributed by atoms with Crippen LogP contribution in [0.4, 0.5) is 0 Å². The lowest BCUT2D eigenvalue weighted by Crippen LogP contribution is -2.03. The maximum Gasteiger partial charge on any atom is 0.196 e. The lowest BCUT2D eigenvalue weighted by atomic mass is 10.0. The molecule has 0 aliphatic heterocycles. The highest BCUT2D eigenvalue weighted by Crippen LogP contribution is 2.21. The van der Waals surface area contributed by atoms with E-state index >= 15 is 0 Å². The fourth-order valence-electron chi connectivity index (χ4n) is 4.97. The molecule has 6 heterocycles. The number of nitrogens with one attached hydrogen (secondary N) is 2. The highest BCUT2D eigenvalue weighted by Gasteiger charge is 2.15. The van der Waals surface area contributed by atoms with Crippen LogP contribution in [0.1, 0.15) is 93.8 Å². The van der Waals surface area contributed by atoms with E-state index in [1.165, 1.54) is 28.6 Å². The smallest absolute Gasteiger partial charge is 0.196 e. The van der Waals surface area contributed by atoms with Gasteiger partial charge in [0, 0.05) is 76.9 Å². The largest absolute Gasteiger partial charge is 0.346 e. The Balaban J connectivity index is 0.000000235. The number of H-pyrrole nitrogens is 2. The van der Waals surface area contributed by atoms with Crippen LogP contribution < -0.4 is 0 Å². The Labute approximate surface area is 268 Å². The summed E-state index contributed by atoms with van der Waals surface area (Å²) < 4.78 is 0. The van der Waals surface area contributed by atoms with E-state index in [-0.39, 0.29) is 20.6 Å². The number of ketones is 1. The zero-order valence-electron chi connectivity index (χ0n) is 25.5. The number of aromatic nitrogens is 6. The van der Waals surface area contributed by atoms with Crippen LogP contribution >= 0.6 is 0 Å². The lowest BCUT2D eigenvalue weighted by molar-refractivity contribution is 0.104. The minimum Gasteiger partial charge on any atom is -0.346 e. The van der Waals surface area contributed by atoms with Crippen LogP contribution in [-0.2, 0) is 19.3 Å². The van der Waals surface area contributed by atoms with Crippen molar-refractivity contribution in [3.63, 3.8) is 0 Å². The van der Waals surface area contributed by atoms with Crippen LogP contribution in [0.3, 0.4) is 0 Å². The summed E-state index contributed by atoms with van der Waals surface area (Å²) in [4.78, 5) is 36.4. The number of aryl methyl sites for hydroxylation is 2. The van der Waals surface area contributed by atoms with Gasteiger partial charge in [-0.15, -0.1) is 0 Å². The summed E-state index contributed by atoms with van der Waals surface area (Å²) in [5.41, 5.74) is 7.67. The topological polar surface area (TPSA) is 100 Å². The standard InChI is InChI=1S/C18H19N3O.C18H21N3.2CH4/c1-12(2)5-7-14-8-6-13(10-20-14)17(22)16-11-21-18-15(16)4-3-9-19-18;1-13(2)5-7-16-8-6-14(11-20-16)10-15-12-21-18-17(15)4-3-9-19-18;;/h3-4,6,8-12H,5,7H2,1-2H3,(H,19,21);3-4,6,8-9,11-13H,5,7,10H2,1-2H3,(H,19,21);2*1H4. The van der Waals surface area contributed by atoms with Crippen LogP contribution in [0.2, 0.25) is 0 Å². The predicted octanol–water partition coefficient (Wildman–Crippen LogP) is 9.19. The fraction of sp³-hybridized carbons (Fsp3) is 0.342. The number of nitrogens with zero attached hydrogens (tertiary/aromatic N) is 4. The van der Waals surface area contributed by atoms with Gasteiger partial charge in [0.15, 0.2) is 5.78 Å². The summed E-state index contributed by atoms with van der Waals surface area (Å²) in [5.74, 6) is 1.36. The SMILES string of the molecule is C.C.CC(C)CCc1ccc(C(=O)c2c[nH]c3ncccc23)cn1.CC(C)CCc1ccc(Cc2c[nH]c3ncccc23)cn1. The van der Waals surface area contributed by atoms with Gasteiger partial charge in [-0.3, -0.25) is 14.8 Å². The molecule has 0 amide bonds. The zero-order chi connectivity index (χ0) is 30.2. The molecule has 0 spiro atoms. The first-order valence-electron chi connectivity index (χ1n) is 15.1. The van der Waals surface area contributed by atoms with Gasteiger partial charge >= 0.3 is 0 Å². The molecule has 0 bridgehead atoms. The average Bonchev–Trinajstić information content (AvgIpc) is 3.64. The van der Waals surface area contributed by atoms with Gasteiger partial charge < -0.3 is 9.97 Å². The monoisotopic (exact) mass is 604 g/mol. The summed E-state index contributed by atoms with van der Waals surface area (Å²) in [7, 11) is 0. The molecule has 6 aromatic rings. The van der Waals surface area contributed by atoms with Gasteiger partial charge in [-0.2, -0.15) is 0 Å².